The Labute approximate surface area is 175 Å². The van der Waals surface area contributed by atoms with Crippen LogP contribution >= 0.6 is 0 Å². The fraction of sp³-hybridized carbons (Fsp3) is 0.905. The molecule has 3 aliphatic rings. The maximum absolute atomic E-state index is 12.9. The molecule has 0 aromatic rings. The number of carbonyl (C=O) groups excluding carboxylic acids is 2. The van der Waals surface area contributed by atoms with Crippen molar-refractivity contribution in [3.8, 4) is 0 Å². The average molecular weight is 410 g/mol. The van der Waals surface area contributed by atoms with Gasteiger partial charge in [-0.2, -0.15) is 0 Å². The molecule has 3 aliphatic heterocycles. The number of urea groups is 1. The summed E-state index contributed by atoms with van der Waals surface area (Å²) in [6, 6.07) is 0.477. The number of piperazine rings is 1. The second-order valence-corrected chi connectivity index (χ2v) is 9.57. The number of carbonyl (C=O) groups is 2. The molecule has 3 rings (SSSR count). The highest BCUT2D eigenvalue weighted by molar-refractivity contribution is 5.74. The van der Waals surface area contributed by atoms with E-state index in [2.05, 4.69) is 16.0 Å². The Morgan fingerprint density at radius 3 is 2.24 bits per heavy atom. The Morgan fingerprint density at radius 1 is 0.966 bits per heavy atom. The Hall–Kier alpha value is -1.54. The third kappa shape index (κ3) is 6.47. The van der Waals surface area contributed by atoms with Gasteiger partial charge in [0.1, 0.15) is 5.60 Å². The molecule has 3 amide bonds. The van der Waals surface area contributed by atoms with E-state index in [9.17, 15) is 9.59 Å². The van der Waals surface area contributed by atoms with Crippen LogP contribution in [0, 0.1) is 5.92 Å². The van der Waals surface area contributed by atoms with Gasteiger partial charge in [-0.25, -0.2) is 9.59 Å². The summed E-state index contributed by atoms with van der Waals surface area (Å²) >= 11 is 0. The van der Waals surface area contributed by atoms with Crippen molar-refractivity contribution in [1.29, 1.82) is 0 Å². The van der Waals surface area contributed by atoms with E-state index in [0.717, 1.165) is 52.0 Å². The maximum atomic E-state index is 12.9. The number of ether oxygens (including phenoxy) is 1. The molecule has 0 aliphatic carbocycles. The SMILES string of the molecule is CC(C)(C)OC(=O)N1CCC(C(NC(=O)N2CCNCC2)C2CCCCN2)CC1. The molecule has 3 heterocycles. The lowest BCUT2D eigenvalue weighted by Crippen LogP contribution is -2.60. The number of hydrogen-bond donors (Lipinski definition) is 3. The van der Waals surface area contributed by atoms with Crippen LogP contribution in [0.1, 0.15) is 52.9 Å². The number of likely N-dealkylation sites (tertiary alicyclic amines) is 1. The second-order valence-electron chi connectivity index (χ2n) is 9.57. The van der Waals surface area contributed by atoms with E-state index in [1.54, 1.807) is 0 Å². The molecule has 166 valence electrons. The van der Waals surface area contributed by atoms with Crippen LogP contribution in [0.3, 0.4) is 0 Å². The first-order valence-electron chi connectivity index (χ1n) is 11.3. The highest BCUT2D eigenvalue weighted by Gasteiger charge is 2.36. The zero-order chi connectivity index (χ0) is 20.9. The summed E-state index contributed by atoms with van der Waals surface area (Å²) in [7, 11) is 0. The van der Waals surface area contributed by atoms with Crippen molar-refractivity contribution in [2.24, 2.45) is 5.92 Å². The van der Waals surface area contributed by atoms with Crippen molar-refractivity contribution in [2.75, 3.05) is 45.8 Å². The molecule has 0 radical (unpaired) electrons. The maximum Gasteiger partial charge on any atom is 0.410 e. The van der Waals surface area contributed by atoms with Crippen LogP contribution in [0.2, 0.25) is 0 Å². The molecule has 2 atom stereocenters. The van der Waals surface area contributed by atoms with Gasteiger partial charge in [-0.15, -0.1) is 0 Å². The summed E-state index contributed by atoms with van der Waals surface area (Å²) in [4.78, 5) is 29.0. The lowest BCUT2D eigenvalue weighted by Gasteiger charge is -2.42. The Morgan fingerprint density at radius 2 is 1.66 bits per heavy atom. The molecule has 2 unspecified atom stereocenters. The minimum Gasteiger partial charge on any atom is -0.444 e. The van der Waals surface area contributed by atoms with Crippen molar-refractivity contribution in [3.05, 3.63) is 0 Å². The molecule has 3 saturated heterocycles. The van der Waals surface area contributed by atoms with Crippen molar-refractivity contribution < 1.29 is 14.3 Å². The molecule has 29 heavy (non-hydrogen) atoms. The summed E-state index contributed by atoms with van der Waals surface area (Å²) in [6.07, 6.45) is 5.06. The van der Waals surface area contributed by atoms with E-state index in [1.165, 1.54) is 12.8 Å². The molecule has 0 saturated carbocycles. The van der Waals surface area contributed by atoms with E-state index in [1.807, 2.05) is 30.6 Å². The molecule has 0 spiro atoms. The second kappa shape index (κ2) is 9.98. The van der Waals surface area contributed by atoms with Gasteiger partial charge in [-0.1, -0.05) is 6.42 Å². The van der Waals surface area contributed by atoms with Crippen molar-refractivity contribution in [2.45, 2.75) is 70.6 Å². The van der Waals surface area contributed by atoms with E-state index in [-0.39, 0.29) is 18.2 Å². The van der Waals surface area contributed by atoms with Gasteiger partial charge in [0.05, 0.1) is 0 Å². The first-order chi connectivity index (χ1) is 13.8. The number of amides is 3. The fourth-order valence-electron chi connectivity index (χ4n) is 4.60. The van der Waals surface area contributed by atoms with Crippen LogP contribution < -0.4 is 16.0 Å². The monoisotopic (exact) mass is 409 g/mol. The van der Waals surface area contributed by atoms with Gasteiger partial charge in [-0.05, 0) is 58.9 Å². The third-order valence-corrected chi connectivity index (χ3v) is 6.18. The van der Waals surface area contributed by atoms with Crippen LogP contribution in [0.4, 0.5) is 9.59 Å². The average Bonchev–Trinajstić information content (AvgIpc) is 2.72. The predicted molar refractivity (Wildman–Crippen MR) is 113 cm³/mol. The van der Waals surface area contributed by atoms with E-state index in [0.29, 0.717) is 25.0 Å². The van der Waals surface area contributed by atoms with Gasteiger partial charge >= 0.3 is 12.1 Å². The fourth-order valence-corrected chi connectivity index (χ4v) is 4.60. The van der Waals surface area contributed by atoms with E-state index < -0.39 is 5.60 Å². The number of piperidine rings is 2. The molecule has 8 heteroatoms. The summed E-state index contributed by atoms with van der Waals surface area (Å²) in [5.41, 5.74) is -0.472. The van der Waals surface area contributed by atoms with Crippen LogP contribution in [0.15, 0.2) is 0 Å². The van der Waals surface area contributed by atoms with E-state index in [4.69, 9.17) is 4.74 Å². The van der Waals surface area contributed by atoms with Gasteiger partial charge in [0.2, 0.25) is 0 Å². The molecule has 0 aromatic heterocycles. The summed E-state index contributed by atoms with van der Waals surface area (Å²) in [5.74, 6) is 0.371. The Balaban J connectivity index is 1.59. The smallest absolute Gasteiger partial charge is 0.410 e. The number of nitrogens with one attached hydrogen (secondary N) is 3. The molecular weight excluding hydrogens is 370 g/mol. The van der Waals surface area contributed by atoms with Crippen LogP contribution in [0.25, 0.3) is 0 Å². The molecule has 0 aromatic carbocycles. The summed E-state index contributed by atoms with van der Waals surface area (Å²) in [6.45, 7) is 11.3. The molecular formula is C21H39N5O3. The van der Waals surface area contributed by atoms with Crippen molar-refractivity contribution >= 4 is 12.1 Å². The predicted octanol–water partition coefficient (Wildman–Crippen LogP) is 1.76. The number of nitrogens with zero attached hydrogens (tertiary/aromatic N) is 2. The Bertz CT molecular complexity index is 545. The minimum atomic E-state index is -0.472. The molecule has 3 N–H and O–H groups in total. The Kier molecular flexibility index (Phi) is 7.62. The van der Waals surface area contributed by atoms with Crippen LogP contribution in [-0.2, 0) is 4.74 Å². The first kappa shape index (κ1) is 22.2. The molecule has 3 fully saturated rings. The van der Waals surface area contributed by atoms with E-state index >= 15 is 0 Å². The summed E-state index contributed by atoms with van der Waals surface area (Å²) in [5, 5.41) is 10.3. The normalized spacial score (nSPS) is 25.4. The number of rotatable bonds is 3. The van der Waals surface area contributed by atoms with Gasteiger partial charge in [0.15, 0.2) is 0 Å². The largest absolute Gasteiger partial charge is 0.444 e. The highest BCUT2D eigenvalue weighted by Crippen LogP contribution is 2.27. The van der Waals surface area contributed by atoms with Gasteiger partial charge in [-0.3, -0.25) is 0 Å². The topological polar surface area (TPSA) is 85.9 Å². The zero-order valence-electron chi connectivity index (χ0n) is 18.3. The van der Waals surface area contributed by atoms with Gasteiger partial charge in [0.25, 0.3) is 0 Å². The third-order valence-electron chi connectivity index (χ3n) is 6.18. The summed E-state index contributed by atoms with van der Waals surface area (Å²) < 4.78 is 5.53. The lowest BCUT2D eigenvalue weighted by molar-refractivity contribution is 0.0160. The van der Waals surface area contributed by atoms with Crippen molar-refractivity contribution in [3.63, 3.8) is 0 Å². The van der Waals surface area contributed by atoms with Gasteiger partial charge < -0.3 is 30.5 Å². The lowest BCUT2D eigenvalue weighted by atomic mass is 9.82. The quantitative estimate of drug-likeness (QED) is 0.661. The zero-order valence-corrected chi connectivity index (χ0v) is 18.3. The van der Waals surface area contributed by atoms with Crippen LogP contribution in [-0.4, -0.2) is 85.4 Å². The highest BCUT2D eigenvalue weighted by atomic mass is 16.6. The standard InChI is InChI=1S/C21H39N5O3/c1-21(2,3)29-20(28)26-12-7-16(8-13-26)18(17-6-4-5-9-23-17)24-19(27)25-14-10-22-11-15-25/h16-18,22-23H,4-15H2,1-3H3,(H,24,27). The molecule has 0 bridgehead atoms. The van der Waals surface area contributed by atoms with Gasteiger partial charge in [0, 0.05) is 51.4 Å². The first-order valence-corrected chi connectivity index (χ1v) is 11.3. The van der Waals surface area contributed by atoms with Crippen LogP contribution in [0.5, 0.6) is 0 Å². The minimum absolute atomic E-state index is 0.0541. The number of hydrogen-bond acceptors (Lipinski definition) is 5. The van der Waals surface area contributed by atoms with Crippen molar-refractivity contribution in [1.82, 2.24) is 25.8 Å². The molecule has 8 nitrogen and oxygen atoms in total.